The number of benzene rings is 3. The highest BCUT2D eigenvalue weighted by molar-refractivity contribution is 7.92. The Labute approximate surface area is 186 Å². The van der Waals surface area contributed by atoms with Crippen LogP contribution in [0.1, 0.15) is 15.9 Å². The first-order chi connectivity index (χ1) is 14.7. The first-order valence-corrected chi connectivity index (χ1v) is 11.0. The number of ether oxygens (including phenoxy) is 2. The van der Waals surface area contributed by atoms with E-state index in [2.05, 4.69) is 10.0 Å². The third-order valence-corrected chi connectivity index (χ3v) is 6.34. The summed E-state index contributed by atoms with van der Waals surface area (Å²) in [7, 11) is -0.833. The van der Waals surface area contributed by atoms with Gasteiger partial charge in [-0.25, -0.2) is 8.42 Å². The molecule has 0 saturated heterocycles. The summed E-state index contributed by atoms with van der Waals surface area (Å²) in [6, 6.07) is 15.6. The van der Waals surface area contributed by atoms with Gasteiger partial charge in [-0.2, -0.15) is 0 Å². The fourth-order valence-electron chi connectivity index (χ4n) is 2.78. The fourth-order valence-corrected chi connectivity index (χ4v) is 4.08. The van der Waals surface area contributed by atoms with Crippen LogP contribution in [0, 0.1) is 6.92 Å². The average Bonchev–Trinajstić information content (AvgIpc) is 2.76. The van der Waals surface area contributed by atoms with Gasteiger partial charge in [0.25, 0.3) is 15.9 Å². The molecule has 0 aliphatic heterocycles. The number of hydrogen-bond acceptors (Lipinski definition) is 5. The van der Waals surface area contributed by atoms with Gasteiger partial charge in [-0.05, 0) is 61.0 Å². The second-order valence-corrected chi connectivity index (χ2v) is 8.69. The smallest absolute Gasteiger partial charge is 0.261 e. The summed E-state index contributed by atoms with van der Waals surface area (Å²) in [6.45, 7) is 1.73. The number of nitrogens with one attached hydrogen (secondary N) is 2. The molecule has 0 aromatic heterocycles. The van der Waals surface area contributed by atoms with Crippen molar-refractivity contribution in [2.24, 2.45) is 0 Å². The molecule has 0 aliphatic carbocycles. The number of sulfonamides is 1. The summed E-state index contributed by atoms with van der Waals surface area (Å²) in [5.74, 6) is 0.571. The fraction of sp³-hybridized carbons (Fsp3) is 0.136. The van der Waals surface area contributed by atoms with E-state index in [0.29, 0.717) is 39.0 Å². The summed E-state index contributed by atoms with van der Waals surface area (Å²) in [5, 5.41) is 3.19. The Morgan fingerprint density at radius 2 is 1.55 bits per heavy atom. The van der Waals surface area contributed by atoms with Crippen molar-refractivity contribution in [3.8, 4) is 11.5 Å². The SMILES string of the molecule is COc1cc(OC)cc(C(=O)Nc2ccc(S(=O)(=O)Nc3cccc(Cl)c3C)cc2)c1. The molecule has 3 aromatic rings. The normalized spacial score (nSPS) is 11.0. The Morgan fingerprint density at radius 1 is 0.935 bits per heavy atom. The number of anilines is 2. The highest BCUT2D eigenvalue weighted by Crippen LogP contribution is 2.26. The minimum atomic E-state index is -3.82. The topological polar surface area (TPSA) is 93.7 Å². The average molecular weight is 461 g/mol. The van der Waals surface area contributed by atoms with Gasteiger partial charge in [-0.3, -0.25) is 9.52 Å². The molecule has 0 heterocycles. The van der Waals surface area contributed by atoms with Gasteiger partial charge in [0.15, 0.2) is 0 Å². The summed E-state index contributed by atoms with van der Waals surface area (Å²) >= 11 is 6.06. The Balaban J connectivity index is 1.77. The predicted octanol–water partition coefficient (Wildman–Crippen LogP) is 4.72. The van der Waals surface area contributed by atoms with Crippen molar-refractivity contribution < 1.29 is 22.7 Å². The van der Waals surface area contributed by atoms with Crippen molar-refractivity contribution in [3.05, 3.63) is 76.8 Å². The van der Waals surface area contributed by atoms with Gasteiger partial charge in [-0.1, -0.05) is 17.7 Å². The van der Waals surface area contributed by atoms with Crippen LogP contribution in [0.15, 0.2) is 65.6 Å². The van der Waals surface area contributed by atoms with Crippen molar-refractivity contribution in [2.45, 2.75) is 11.8 Å². The lowest BCUT2D eigenvalue weighted by atomic mass is 10.2. The monoisotopic (exact) mass is 460 g/mol. The van der Waals surface area contributed by atoms with Crippen molar-refractivity contribution in [3.63, 3.8) is 0 Å². The van der Waals surface area contributed by atoms with Crippen LogP contribution < -0.4 is 19.5 Å². The standard InChI is InChI=1S/C22H21ClN2O5S/c1-14-20(23)5-4-6-21(14)25-31(27,28)19-9-7-16(8-10-19)24-22(26)15-11-17(29-2)13-18(12-15)30-3/h4-13,25H,1-3H3,(H,24,26). The van der Waals surface area contributed by atoms with Crippen molar-refractivity contribution in [1.29, 1.82) is 0 Å². The molecule has 0 fully saturated rings. The third-order valence-electron chi connectivity index (χ3n) is 4.55. The maximum atomic E-state index is 12.7. The zero-order chi connectivity index (χ0) is 22.6. The molecule has 0 saturated carbocycles. The van der Waals surface area contributed by atoms with Crippen molar-refractivity contribution in [2.75, 3.05) is 24.3 Å². The van der Waals surface area contributed by atoms with Gasteiger partial charge < -0.3 is 14.8 Å². The number of hydrogen-bond donors (Lipinski definition) is 2. The minimum Gasteiger partial charge on any atom is -0.497 e. The van der Waals surface area contributed by atoms with Crippen LogP contribution in [0.3, 0.4) is 0 Å². The van der Waals surface area contributed by atoms with E-state index in [0.717, 1.165) is 0 Å². The molecule has 0 radical (unpaired) electrons. The van der Waals surface area contributed by atoms with Crippen LogP contribution in [0.5, 0.6) is 11.5 Å². The Bertz CT molecular complexity index is 1190. The Hall–Kier alpha value is -3.23. The summed E-state index contributed by atoms with van der Waals surface area (Å²) < 4.78 is 38.3. The summed E-state index contributed by atoms with van der Waals surface area (Å²) in [6.07, 6.45) is 0. The van der Waals surface area contributed by atoms with Crippen LogP contribution in [0.2, 0.25) is 5.02 Å². The largest absolute Gasteiger partial charge is 0.497 e. The first kappa shape index (κ1) is 22.5. The van der Waals surface area contributed by atoms with Gasteiger partial charge in [0.1, 0.15) is 11.5 Å². The Morgan fingerprint density at radius 3 is 2.13 bits per heavy atom. The van der Waals surface area contributed by atoms with E-state index in [-0.39, 0.29) is 10.8 Å². The van der Waals surface area contributed by atoms with Crippen LogP contribution in [-0.2, 0) is 10.0 Å². The van der Waals surface area contributed by atoms with E-state index in [1.54, 1.807) is 43.3 Å². The number of carbonyl (C=O) groups excluding carboxylic acids is 1. The number of halogens is 1. The van der Waals surface area contributed by atoms with E-state index >= 15 is 0 Å². The predicted molar refractivity (Wildman–Crippen MR) is 121 cm³/mol. The lowest BCUT2D eigenvalue weighted by Gasteiger charge is -2.12. The number of methoxy groups -OCH3 is 2. The zero-order valence-corrected chi connectivity index (χ0v) is 18.7. The van der Waals surface area contributed by atoms with E-state index in [4.69, 9.17) is 21.1 Å². The molecule has 1 amide bonds. The van der Waals surface area contributed by atoms with E-state index < -0.39 is 10.0 Å². The molecule has 0 unspecified atom stereocenters. The maximum Gasteiger partial charge on any atom is 0.261 e. The van der Waals surface area contributed by atoms with Crippen LogP contribution >= 0.6 is 11.6 Å². The number of carbonyl (C=O) groups is 1. The van der Waals surface area contributed by atoms with Crippen LogP contribution in [0.25, 0.3) is 0 Å². The molecule has 3 aromatic carbocycles. The zero-order valence-electron chi connectivity index (χ0n) is 17.1. The lowest BCUT2D eigenvalue weighted by molar-refractivity contribution is 0.102. The molecule has 162 valence electrons. The van der Waals surface area contributed by atoms with Crippen molar-refractivity contribution in [1.82, 2.24) is 0 Å². The lowest BCUT2D eigenvalue weighted by Crippen LogP contribution is -2.15. The highest BCUT2D eigenvalue weighted by atomic mass is 35.5. The third kappa shape index (κ3) is 5.28. The molecule has 7 nitrogen and oxygen atoms in total. The van der Waals surface area contributed by atoms with Gasteiger partial charge in [0.2, 0.25) is 0 Å². The second kappa shape index (κ2) is 9.28. The molecule has 0 aliphatic rings. The number of amides is 1. The number of rotatable bonds is 7. The highest BCUT2D eigenvalue weighted by Gasteiger charge is 2.17. The molecule has 0 atom stereocenters. The molecule has 9 heteroatoms. The molecule has 0 spiro atoms. The quantitative estimate of drug-likeness (QED) is 0.532. The summed E-state index contributed by atoms with van der Waals surface area (Å²) in [5.41, 5.74) is 1.80. The minimum absolute atomic E-state index is 0.0490. The van der Waals surface area contributed by atoms with Gasteiger partial charge in [0.05, 0.1) is 24.8 Å². The molecule has 2 N–H and O–H groups in total. The van der Waals surface area contributed by atoms with Crippen molar-refractivity contribution >= 4 is 38.9 Å². The molecular weight excluding hydrogens is 440 g/mol. The molecule has 31 heavy (non-hydrogen) atoms. The van der Waals surface area contributed by atoms with E-state index in [9.17, 15) is 13.2 Å². The van der Waals surface area contributed by atoms with E-state index in [1.807, 2.05) is 0 Å². The maximum absolute atomic E-state index is 12.7. The van der Waals surface area contributed by atoms with Gasteiger partial charge >= 0.3 is 0 Å². The second-order valence-electron chi connectivity index (χ2n) is 6.60. The van der Waals surface area contributed by atoms with Crippen LogP contribution in [0.4, 0.5) is 11.4 Å². The first-order valence-electron chi connectivity index (χ1n) is 9.16. The molecular formula is C22H21ClN2O5S. The van der Waals surface area contributed by atoms with Gasteiger partial charge in [0, 0.05) is 22.3 Å². The molecule has 0 bridgehead atoms. The van der Waals surface area contributed by atoms with Crippen LogP contribution in [-0.4, -0.2) is 28.5 Å². The van der Waals surface area contributed by atoms with E-state index in [1.165, 1.54) is 38.5 Å². The van der Waals surface area contributed by atoms with Gasteiger partial charge in [-0.15, -0.1) is 0 Å². The Kier molecular flexibility index (Phi) is 6.72. The molecule has 3 rings (SSSR count). The summed E-state index contributed by atoms with van der Waals surface area (Å²) in [4.78, 5) is 12.6.